The normalized spacial score (nSPS) is 12.5. The smallest absolute Gasteiger partial charge is 0.134 e. The summed E-state index contributed by atoms with van der Waals surface area (Å²) < 4.78 is 10.8. The number of methoxy groups -OCH3 is 2. The highest BCUT2D eigenvalue weighted by Crippen LogP contribution is 2.43. The quantitative estimate of drug-likeness (QED) is 0.489. The molecule has 0 radical (unpaired) electrons. The predicted molar refractivity (Wildman–Crippen MR) is 120 cm³/mol. The van der Waals surface area contributed by atoms with E-state index in [1.807, 2.05) is 91.0 Å². The maximum Gasteiger partial charge on any atom is 0.134 e. The van der Waals surface area contributed by atoms with Crippen LogP contribution in [-0.4, -0.2) is 19.3 Å². The van der Waals surface area contributed by atoms with Crippen LogP contribution in [0, 0.1) is 0 Å². The van der Waals surface area contributed by atoms with Crippen LogP contribution < -0.4 is 15.2 Å². The molecular formula is C26H25NO3. The summed E-state index contributed by atoms with van der Waals surface area (Å²) in [5, 5.41) is 14.3. The summed E-state index contributed by atoms with van der Waals surface area (Å²) in [6.45, 7) is 0. The molecule has 0 bridgehead atoms. The topological polar surface area (TPSA) is 64.7 Å². The van der Waals surface area contributed by atoms with Crippen molar-refractivity contribution in [2.45, 2.75) is 11.6 Å². The minimum Gasteiger partial charge on any atom is -0.497 e. The summed E-state index contributed by atoms with van der Waals surface area (Å²) >= 11 is 0. The fraction of sp³-hybridized carbons (Fsp3) is 0.154. The van der Waals surface area contributed by atoms with Gasteiger partial charge in [0.2, 0.25) is 0 Å². The molecule has 0 saturated carbocycles. The van der Waals surface area contributed by atoms with Crippen LogP contribution in [0.5, 0.6) is 11.5 Å². The summed E-state index contributed by atoms with van der Waals surface area (Å²) in [6.07, 6.45) is 0. The molecule has 4 rings (SSSR count). The standard InChI is InChI=1S/C26H25NO3/c1-29-21-12-6-10-19(16-21)26(28,20-11-7-13-22(17-20)30-2)25(27)24-15-5-9-18-8-3-4-14-23(18)24/h3-17,25,28H,27H2,1-2H3/t25-/m1/s1. The monoisotopic (exact) mass is 399 g/mol. The zero-order valence-electron chi connectivity index (χ0n) is 17.1. The fourth-order valence-electron chi connectivity index (χ4n) is 3.99. The van der Waals surface area contributed by atoms with E-state index in [2.05, 4.69) is 0 Å². The van der Waals surface area contributed by atoms with Crippen molar-refractivity contribution in [3.8, 4) is 11.5 Å². The number of ether oxygens (including phenoxy) is 2. The summed E-state index contributed by atoms with van der Waals surface area (Å²) in [7, 11) is 3.21. The number of benzene rings is 4. The minimum atomic E-state index is -1.51. The van der Waals surface area contributed by atoms with Gasteiger partial charge in [-0.25, -0.2) is 0 Å². The Morgan fingerprint density at radius 2 is 1.27 bits per heavy atom. The molecule has 0 aromatic heterocycles. The first-order valence-electron chi connectivity index (χ1n) is 9.82. The lowest BCUT2D eigenvalue weighted by atomic mass is 9.76. The Balaban J connectivity index is 1.96. The molecule has 4 aromatic carbocycles. The fourth-order valence-corrected chi connectivity index (χ4v) is 3.99. The molecule has 0 saturated heterocycles. The van der Waals surface area contributed by atoms with E-state index in [4.69, 9.17) is 15.2 Å². The van der Waals surface area contributed by atoms with Crippen LogP contribution >= 0.6 is 0 Å². The molecule has 3 N–H and O–H groups in total. The lowest BCUT2D eigenvalue weighted by Gasteiger charge is -2.36. The molecule has 4 aromatic rings. The third kappa shape index (κ3) is 3.41. The molecule has 152 valence electrons. The Labute approximate surface area is 176 Å². The minimum absolute atomic E-state index is 0.649. The zero-order chi connectivity index (χ0) is 21.1. The summed E-state index contributed by atoms with van der Waals surface area (Å²) in [4.78, 5) is 0. The Morgan fingerprint density at radius 3 is 1.87 bits per heavy atom. The molecule has 0 aliphatic rings. The van der Waals surface area contributed by atoms with E-state index in [1.165, 1.54) is 0 Å². The second kappa shape index (κ2) is 8.19. The van der Waals surface area contributed by atoms with Crippen molar-refractivity contribution in [1.29, 1.82) is 0 Å². The van der Waals surface area contributed by atoms with Crippen LogP contribution in [0.3, 0.4) is 0 Å². The number of rotatable bonds is 6. The van der Waals surface area contributed by atoms with Crippen LogP contribution in [0.4, 0.5) is 0 Å². The predicted octanol–water partition coefficient (Wildman–Crippen LogP) is 4.79. The van der Waals surface area contributed by atoms with E-state index < -0.39 is 11.6 Å². The van der Waals surface area contributed by atoms with Gasteiger partial charge in [0.1, 0.15) is 17.1 Å². The van der Waals surface area contributed by atoms with Gasteiger partial charge in [0.25, 0.3) is 0 Å². The van der Waals surface area contributed by atoms with Gasteiger partial charge in [-0.1, -0.05) is 66.7 Å². The second-order valence-corrected chi connectivity index (χ2v) is 7.28. The maximum atomic E-state index is 12.2. The van der Waals surface area contributed by atoms with Gasteiger partial charge >= 0.3 is 0 Å². The number of hydrogen-bond donors (Lipinski definition) is 2. The van der Waals surface area contributed by atoms with E-state index in [0.29, 0.717) is 22.6 Å². The van der Waals surface area contributed by atoms with Crippen molar-refractivity contribution >= 4 is 10.8 Å². The lowest BCUT2D eigenvalue weighted by molar-refractivity contribution is 0.0512. The zero-order valence-corrected chi connectivity index (χ0v) is 17.1. The summed E-state index contributed by atoms with van der Waals surface area (Å²) in [5.74, 6) is 1.30. The molecule has 1 atom stereocenters. The molecule has 0 aliphatic heterocycles. The van der Waals surface area contributed by atoms with Crippen molar-refractivity contribution < 1.29 is 14.6 Å². The average molecular weight is 399 g/mol. The first kappa shape index (κ1) is 20.0. The molecule has 0 fully saturated rings. The van der Waals surface area contributed by atoms with Crippen molar-refractivity contribution in [1.82, 2.24) is 0 Å². The van der Waals surface area contributed by atoms with Crippen LogP contribution in [0.25, 0.3) is 10.8 Å². The first-order valence-corrected chi connectivity index (χ1v) is 9.82. The van der Waals surface area contributed by atoms with Gasteiger partial charge in [0.05, 0.1) is 20.3 Å². The Bertz CT molecular complexity index is 1120. The van der Waals surface area contributed by atoms with Gasteiger partial charge in [-0.3, -0.25) is 0 Å². The molecule has 30 heavy (non-hydrogen) atoms. The molecule has 0 amide bonds. The van der Waals surface area contributed by atoms with E-state index in [1.54, 1.807) is 14.2 Å². The highest BCUT2D eigenvalue weighted by Gasteiger charge is 2.40. The van der Waals surface area contributed by atoms with Gasteiger partial charge in [0.15, 0.2) is 0 Å². The number of hydrogen-bond acceptors (Lipinski definition) is 4. The van der Waals surface area contributed by atoms with Crippen molar-refractivity contribution in [3.05, 3.63) is 108 Å². The van der Waals surface area contributed by atoms with E-state index in [-0.39, 0.29) is 0 Å². The van der Waals surface area contributed by atoms with Crippen molar-refractivity contribution in [2.75, 3.05) is 14.2 Å². The molecule has 0 unspecified atom stereocenters. The number of aliphatic hydroxyl groups is 1. The van der Waals surface area contributed by atoms with Crippen LogP contribution in [0.1, 0.15) is 22.7 Å². The molecular weight excluding hydrogens is 374 g/mol. The third-order valence-electron chi connectivity index (χ3n) is 5.63. The highest BCUT2D eigenvalue weighted by molar-refractivity contribution is 5.86. The Kier molecular flexibility index (Phi) is 5.44. The molecule has 0 aliphatic carbocycles. The van der Waals surface area contributed by atoms with Crippen LogP contribution in [0.15, 0.2) is 91.0 Å². The Morgan fingerprint density at radius 1 is 0.733 bits per heavy atom. The van der Waals surface area contributed by atoms with Gasteiger partial charge in [-0.15, -0.1) is 0 Å². The van der Waals surface area contributed by atoms with E-state index >= 15 is 0 Å². The van der Waals surface area contributed by atoms with Crippen molar-refractivity contribution in [3.63, 3.8) is 0 Å². The van der Waals surface area contributed by atoms with Crippen molar-refractivity contribution in [2.24, 2.45) is 5.73 Å². The molecule has 4 nitrogen and oxygen atoms in total. The summed E-state index contributed by atoms with van der Waals surface area (Å²) in [5.41, 5.74) is 7.51. The second-order valence-electron chi connectivity index (χ2n) is 7.28. The Hall–Kier alpha value is -3.34. The van der Waals surface area contributed by atoms with Gasteiger partial charge < -0.3 is 20.3 Å². The van der Waals surface area contributed by atoms with Gasteiger partial charge in [-0.2, -0.15) is 0 Å². The molecule has 4 heteroatoms. The van der Waals surface area contributed by atoms with E-state index in [0.717, 1.165) is 16.3 Å². The maximum absolute atomic E-state index is 12.2. The first-order chi connectivity index (χ1) is 14.6. The van der Waals surface area contributed by atoms with Gasteiger partial charge in [0, 0.05) is 0 Å². The highest BCUT2D eigenvalue weighted by atomic mass is 16.5. The SMILES string of the molecule is COc1cccc(C(O)(c2cccc(OC)c2)[C@H](N)c2cccc3ccccc23)c1. The molecule has 0 spiro atoms. The molecule has 0 heterocycles. The largest absolute Gasteiger partial charge is 0.497 e. The van der Waals surface area contributed by atoms with Crippen LogP contribution in [0.2, 0.25) is 0 Å². The summed E-state index contributed by atoms with van der Waals surface area (Å²) in [6, 6.07) is 28.1. The van der Waals surface area contributed by atoms with Crippen LogP contribution in [-0.2, 0) is 5.60 Å². The van der Waals surface area contributed by atoms with E-state index in [9.17, 15) is 5.11 Å². The van der Waals surface area contributed by atoms with Gasteiger partial charge in [-0.05, 0) is 51.7 Å². The lowest BCUT2D eigenvalue weighted by Crippen LogP contribution is -2.40. The average Bonchev–Trinajstić information content (AvgIpc) is 2.82. The third-order valence-corrected chi connectivity index (χ3v) is 5.63. The number of nitrogens with two attached hydrogens (primary N) is 1. The number of fused-ring (bicyclic) bond motifs is 1.